The molecule has 0 unspecified atom stereocenters. The molecule has 0 saturated carbocycles. The molecule has 1 aromatic carbocycles. The molecule has 23 heavy (non-hydrogen) atoms. The van der Waals surface area contributed by atoms with Crippen LogP contribution in [0.5, 0.6) is 11.5 Å². The maximum absolute atomic E-state index is 11.5. The van der Waals surface area contributed by atoms with Crippen LogP contribution in [0.25, 0.3) is 6.08 Å². The van der Waals surface area contributed by atoms with Gasteiger partial charge in [-0.2, -0.15) is 0 Å². The summed E-state index contributed by atoms with van der Waals surface area (Å²) < 4.78 is 15.7. The first-order chi connectivity index (χ1) is 10.8. The zero-order chi connectivity index (χ0) is 17.5. The minimum Gasteiger partial charge on any atom is -0.496 e. The molecule has 126 valence electrons. The van der Waals surface area contributed by atoms with Crippen molar-refractivity contribution in [2.24, 2.45) is 0 Å². The van der Waals surface area contributed by atoms with Crippen LogP contribution in [0.4, 0.5) is 4.79 Å². The van der Waals surface area contributed by atoms with E-state index in [1.165, 1.54) is 14.2 Å². The first kappa shape index (κ1) is 18.5. The minimum absolute atomic E-state index is 0.288. The van der Waals surface area contributed by atoms with Crippen molar-refractivity contribution in [2.75, 3.05) is 20.8 Å². The molecule has 0 spiro atoms. The Balaban J connectivity index is 2.80. The van der Waals surface area contributed by atoms with E-state index in [0.717, 1.165) is 6.29 Å². The lowest BCUT2D eigenvalue weighted by Crippen LogP contribution is -2.32. The summed E-state index contributed by atoms with van der Waals surface area (Å²) in [6.45, 7) is 5.68. The Morgan fingerprint density at radius 2 is 1.74 bits per heavy atom. The molecule has 1 amide bonds. The summed E-state index contributed by atoms with van der Waals surface area (Å²) in [6.07, 6.45) is 3.73. The quantitative estimate of drug-likeness (QED) is 0.815. The molecule has 6 nitrogen and oxygen atoms in total. The topological polar surface area (TPSA) is 73.9 Å². The Kier molecular flexibility index (Phi) is 6.63. The van der Waals surface area contributed by atoms with Gasteiger partial charge in [-0.3, -0.25) is 4.79 Å². The molecular formula is C17H23NO5. The molecule has 0 heterocycles. The highest BCUT2D eigenvalue weighted by Gasteiger charge is 2.15. The zero-order valence-corrected chi connectivity index (χ0v) is 14.1. The Hall–Kier alpha value is -2.50. The Labute approximate surface area is 136 Å². The normalized spacial score (nSPS) is 11.2. The summed E-state index contributed by atoms with van der Waals surface area (Å²) in [5.74, 6) is 1.03. The van der Waals surface area contributed by atoms with Crippen molar-refractivity contribution in [1.29, 1.82) is 0 Å². The number of methoxy groups -OCH3 is 2. The van der Waals surface area contributed by atoms with Gasteiger partial charge in [-0.15, -0.1) is 0 Å². The van der Waals surface area contributed by atoms with Crippen LogP contribution in [0.3, 0.4) is 0 Å². The van der Waals surface area contributed by atoms with E-state index in [0.29, 0.717) is 22.6 Å². The maximum atomic E-state index is 11.5. The van der Waals surface area contributed by atoms with Crippen molar-refractivity contribution in [3.8, 4) is 11.5 Å². The monoisotopic (exact) mass is 321 g/mol. The smallest absolute Gasteiger partial charge is 0.407 e. The third kappa shape index (κ3) is 6.02. The molecule has 6 heteroatoms. The number of hydrogen-bond donors (Lipinski definition) is 1. The van der Waals surface area contributed by atoms with Crippen LogP contribution in [-0.2, 0) is 4.74 Å². The van der Waals surface area contributed by atoms with E-state index < -0.39 is 11.7 Å². The molecule has 0 atom stereocenters. The van der Waals surface area contributed by atoms with E-state index in [-0.39, 0.29) is 6.54 Å². The molecule has 0 bridgehead atoms. The summed E-state index contributed by atoms with van der Waals surface area (Å²) in [5, 5.41) is 2.62. The van der Waals surface area contributed by atoms with Crippen molar-refractivity contribution in [2.45, 2.75) is 26.4 Å². The van der Waals surface area contributed by atoms with Gasteiger partial charge in [0.1, 0.15) is 23.4 Å². The lowest BCUT2D eigenvalue weighted by Gasteiger charge is -2.19. The summed E-state index contributed by atoms with van der Waals surface area (Å²) in [4.78, 5) is 22.5. The first-order valence-corrected chi connectivity index (χ1v) is 7.15. The van der Waals surface area contributed by atoms with E-state index >= 15 is 0 Å². The van der Waals surface area contributed by atoms with Crippen molar-refractivity contribution in [3.05, 3.63) is 29.3 Å². The fourth-order valence-electron chi connectivity index (χ4n) is 1.82. The molecule has 0 aliphatic heterocycles. The Morgan fingerprint density at radius 1 is 1.17 bits per heavy atom. The first-order valence-electron chi connectivity index (χ1n) is 7.15. The van der Waals surface area contributed by atoms with Gasteiger partial charge in [0.15, 0.2) is 0 Å². The fourth-order valence-corrected chi connectivity index (χ4v) is 1.82. The lowest BCUT2D eigenvalue weighted by molar-refractivity contribution is 0.0534. The number of carbonyl (C=O) groups is 2. The highest BCUT2D eigenvalue weighted by Crippen LogP contribution is 2.31. The van der Waals surface area contributed by atoms with Gasteiger partial charge >= 0.3 is 6.09 Å². The number of nitrogens with one attached hydrogen (secondary N) is 1. The average molecular weight is 321 g/mol. The molecule has 1 N–H and O–H groups in total. The molecule has 0 aromatic heterocycles. The number of carbonyl (C=O) groups excluding carboxylic acids is 2. The number of amides is 1. The van der Waals surface area contributed by atoms with Crippen molar-refractivity contribution in [3.63, 3.8) is 0 Å². The van der Waals surface area contributed by atoms with Crippen molar-refractivity contribution < 1.29 is 23.8 Å². The van der Waals surface area contributed by atoms with Crippen LogP contribution in [0.1, 0.15) is 36.7 Å². The van der Waals surface area contributed by atoms with Gasteiger partial charge in [0, 0.05) is 12.1 Å². The largest absolute Gasteiger partial charge is 0.496 e. The minimum atomic E-state index is -0.537. The maximum Gasteiger partial charge on any atom is 0.407 e. The fraction of sp³-hybridized carbons (Fsp3) is 0.412. The van der Waals surface area contributed by atoms with Crippen LogP contribution in [0.2, 0.25) is 0 Å². The van der Waals surface area contributed by atoms with Crippen LogP contribution in [-0.4, -0.2) is 38.7 Å². The second kappa shape index (κ2) is 8.22. The van der Waals surface area contributed by atoms with Gasteiger partial charge in [0.05, 0.1) is 19.8 Å². The molecule has 0 radical (unpaired) electrons. The molecule has 0 fully saturated rings. The van der Waals surface area contributed by atoms with Crippen LogP contribution >= 0.6 is 0 Å². The highest BCUT2D eigenvalue weighted by molar-refractivity contribution is 5.80. The summed E-state index contributed by atoms with van der Waals surface area (Å²) >= 11 is 0. The number of rotatable bonds is 6. The van der Waals surface area contributed by atoms with E-state index in [1.807, 2.05) is 0 Å². The van der Waals surface area contributed by atoms with Crippen molar-refractivity contribution in [1.82, 2.24) is 5.32 Å². The Bertz CT molecular complexity index is 562. The van der Waals surface area contributed by atoms with E-state index in [2.05, 4.69) is 5.32 Å². The number of benzene rings is 1. The van der Waals surface area contributed by atoms with Crippen LogP contribution < -0.4 is 14.8 Å². The number of alkyl carbamates (subject to hydrolysis) is 1. The number of aldehydes is 1. The second-order valence-corrected chi connectivity index (χ2v) is 5.74. The van der Waals surface area contributed by atoms with Crippen molar-refractivity contribution >= 4 is 18.5 Å². The molecular weight excluding hydrogens is 298 g/mol. The average Bonchev–Trinajstić information content (AvgIpc) is 2.49. The molecule has 0 saturated heterocycles. The predicted molar refractivity (Wildman–Crippen MR) is 88.2 cm³/mol. The van der Waals surface area contributed by atoms with Crippen LogP contribution in [0, 0.1) is 0 Å². The van der Waals surface area contributed by atoms with Gasteiger partial charge in [-0.1, -0.05) is 6.08 Å². The second-order valence-electron chi connectivity index (χ2n) is 5.74. The van der Waals surface area contributed by atoms with E-state index in [4.69, 9.17) is 14.2 Å². The van der Waals surface area contributed by atoms with E-state index in [1.54, 1.807) is 45.1 Å². The molecule has 1 aromatic rings. The standard InChI is InChI=1S/C17H23NO5/c1-17(2,3)23-16(20)18-8-6-7-13-14(21-4)9-12(11-19)10-15(13)22-5/h6-7,9-11H,8H2,1-5H3,(H,18,20). The molecule has 0 aliphatic rings. The van der Waals surface area contributed by atoms with Gasteiger partial charge in [0.25, 0.3) is 0 Å². The summed E-state index contributed by atoms with van der Waals surface area (Å²) in [7, 11) is 3.03. The van der Waals surface area contributed by atoms with Gasteiger partial charge in [-0.25, -0.2) is 4.79 Å². The van der Waals surface area contributed by atoms with Gasteiger partial charge in [0.2, 0.25) is 0 Å². The van der Waals surface area contributed by atoms with Crippen LogP contribution in [0.15, 0.2) is 18.2 Å². The number of ether oxygens (including phenoxy) is 3. The molecule has 0 aliphatic carbocycles. The molecule has 1 rings (SSSR count). The SMILES string of the molecule is COc1cc(C=O)cc(OC)c1C=CCNC(=O)OC(C)(C)C. The van der Waals surface area contributed by atoms with Gasteiger partial charge in [-0.05, 0) is 39.0 Å². The zero-order valence-electron chi connectivity index (χ0n) is 14.1. The lowest BCUT2D eigenvalue weighted by atomic mass is 10.1. The Morgan fingerprint density at radius 3 is 2.17 bits per heavy atom. The number of hydrogen-bond acceptors (Lipinski definition) is 5. The van der Waals surface area contributed by atoms with E-state index in [9.17, 15) is 9.59 Å². The summed E-state index contributed by atoms with van der Waals surface area (Å²) in [6, 6.07) is 3.24. The highest BCUT2D eigenvalue weighted by atomic mass is 16.6. The third-order valence-electron chi connectivity index (χ3n) is 2.75. The summed E-state index contributed by atoms with van der Waals surface area (Å²) in [5.41, 5.74) is 0.611. The predicted octanol–water partition coefficient (Wildman–Crippen LogP) is 3.05. The van der Waals surface area contributed by atoms with Gasteiger partial charge < -0.3 is 19.5 Å². The third-order valence-corrected chi connectivity index (χ3v) is 2.75.